The Balaban J connectivity index is 2.65. The van der Waals surface area contributed by atoms with Gasteiger partial charge in [0.2, 0.25) is 0 Å². The van der Waals surface area contributed by atoms with E-state index in [-0.39, 0.29) is 37.1 Å². The first kappa shape index (κ1) is 16.5. The van der Waals surface area contributed by atoms with Crippen molar-refractivity contribution in [1.29, 1.82) is 0 Å². The standard InChI is InChI=1S/C14H16O7S/c15-6-8-20-12-3-1-2-11-10(12)4-5-13(22(17,18)19)14(11)21-9-7-16/h1-5,15-16H,6-9H2,(H,17,18,19). The highest BCUT2D eigenvalue weighted by molar-refractivity contribution is 7.86. The molecule has 2 aromatic carbocycles. The van der Waals surface area contributed by atoms with Crippen molar-refractivity contribution in [1.82, 2.24) is 0 Å². The average Bonchev–Trinajstić information content (AvgIpc) is 2.49. The molecule has 0 unspecified atom stereocenters. The summed E-state index contributed by atoms with van der Waals surface area (Å²) >= 11 is 0. The van der Waals surface area contributed by atoms with Gasteiger partial charge in [-0.15, -0.1) is 0 Å². The predicted octanol–water partition coefficient (Wildman–Crippen LogP) is 0.829. The molecule has 22 heavy (non-hydrogen) atoms. The highest BCUT2D eigenvalue weighted by atomic mass is 32.2. The van der Waals surface area contributed by atoms with Gasteiger partial charge in [0.25, 0.3) is 10.1 Å². The molecule has 0 fully saturated rings. The third-order valence-corrected chi connectivity index (χ3v) is 3.78. The van der Waals surface area contributed by atoms with E-state index in [9.17, 15) is 13.0 Å². The number of ether oxygens (including phenoxy) is 2. The van der Waals surface area contributed by atoms with Crippen molar-refractivity contribution in [3.63, 3.8) is 0 Å². The monoisotopic (exact) mass is 328 g/mol. The second kappa shape index (κ2) is 6.93. The fourth-order valence-corrected chi connectivity index (χ4v) is 2.71. The van der Waals surface area contributed by atoms with E-state index in [1.807, 2.05) is 0 Å². The van der Waals surface area contributed by atoms with Gasteiger partial charge in [0.15, 0.2) is 0 Å². The summed E-state index contributed by atoms with van der Waals surface area (Å²) in [4.78, 5) is -0.382. The van der Waals surface area contributed by atoms with Gasteiger partial charge in [0.1, 0.15) is 29.6 Å². The molecule has 2 aromatic rings. The van der Waals surface area contributed by atoms with Crippen LogP contribution in [0.1, 0.15) is 0 Å². The van der Waals surface area contributed by atoms with Crippen LogP contribution in [0.4, 0.5) is 0 Å². The first-order valence-corrected chi connectivity index (χ1v) is 7.93. The van der Waals surface area contributed by atoms with Gasteiger partial charge in [-0.25, -0.2) is 0 Å². The largest absolute Gasteiger partial charge is 0.491 e. The van der Waals surface area contributed by atoms with Gasteiger partial charge in [-0.2, -0.15) is 8.42 Å². The molecule has 8 heteroatoms. The molecular formula is C14H16O7S. The number of aliphatic hydroxyl groups excluding tert-OH is 2. The highest BCUT2D eigenvalue weighted by Crippen LogP contribution is 2.37. The third-order valence-electron chi connectivity index (χ3n) is 2.90. The summed E-state index contributed by atoms with van der Waals surface area (Å²) in [5.74, 6) is 0.394. The maximum absolute atomic E-state index is 11.5. The number of benzene rings is 2. The summed E-state index contributed by atoms with van der Waals surface area (Å²) in [5, 5.41) is 18.7. The van der Waals surface area contributed by atoms with Gasteiger partial charge < -0.3 is 19.7 Å². The van der Waals surface area contributed by atoms with Crippen molar-refractivity contribution in [2.45, 2.75) is 4.90 Å². The molecule has 7 nitrogen and oxygen atoms in total. The van der Waals surface area contributed by atoms with E-state index in [0.717, 1.165) is 0 Å². The van der Waals surface area contributed by atoms with Crippen LogP contribution in [0.15, 0.2) is 35.2 Å². The lowest BCUT2D eigenvalue weighted by atomic mass is 10.1. The van der Waals surface area contributed by atoms with Gasteiger partial charge in [0.05, 0.1) is 13.2 Å². The normalized spacial score (nSPS) is 11.6. The summed E-state index contributed by atoms with van der Waals surface area (Å²) in [5.41, 5.74) is 0. The Morgan fingerprint density at radius 1 is 0.909 bits per heavy atom. The molecule has 0 aliphatic heterocycles. The minimum absolute atomic E-state index is 0.0523. The predicted molar refractivity (Wildman–Crippen MR) is 78.9 cm³/mol. The van der Waals surface area contributed by atoms with Crippen LogP contribution in [0.2, 0.25) is 0 Å². The molecule has 0 bridgehead atoms. The third kappa shape index (κ3) is 3.47. The summed E-state index contributed by atoms with van der Waals surface area (Å²) < 4.78 is 42.9. The first-order valence-electron chi connectivity index (χ1n) is 6.49. The topological polar surface area (TPSA) is 113 Å². The van der Waals surface area contributed by atoms with E-state index in [1.54, 1.807) is 18.2 Å². The molecule has 0 amide bonds. The van der Waals surface area contributed by atoms with Gasteiger partial charge in [-0.05, 0) is 18.2 Å². The van der Waals surface area contributed by atoms with Crippen LogP contribution in [0.3, 0.4) is 0 Å². The van der Waals surface area contributed by atoms with Crippen molar-refractivity contribution in [3.05, 3.63) is 30.3 Å². The van der Waals surface area contributed by atoms with Crippen LogP contribution < -0.4 is 9.47 Å². The van der Waals surface area contributed by atoms with Crippen LogP contribution in [0, 0.1) is 0 Å². The number of hydrogen-bond donors (Lipinski definition) is 3. The van der Waals surface area contributed by atoms with Crippen LogP contribution >= 0.6 is 0 Å². The molecule has 120 valence electrons. The first-order chi connectivity index (χ1) is 10.5. The van der Waals surface area contributed by atoms with Crippen LogP contribution in [0.25, 0.3) is 10.8 Å². The maximum atomic E-state index is 11.5. The van der Waals surface area contributed by atoms with Crippen molar-refractivity contribution in [2.24, 2.45) is 0 Å². The number of hydrogen-bond acceptors (Lipinski definition) is 6. The molecule has 0 radical (unpaired) electrons. The minimum atomic E-state index is -4.47. The van der Waals surface area contributed by atoms with Gasteiger partial charge in [-0.3, -0.25) is 4.55 Å². The van der Waals surface area contributed by atoms with Crippen molar-refractivity contribution >= 4 is 20.9 Å². The molecule has 2 rings (SSSR count). The zero-order valence-electron chi connectivity index (χ0n) is 11.6. The lowest BCUT2D eigenvalue weighted by molar-refractivity contribution is 0.199. The fraction of sp³-hybridized carbons (Fsp3) is 0.286. The molecule has 0 aliphatic rings. The van der Waals surface area contributed by atoms with Gasteiger partial charge >= 0.3 is 0 Å². The second-order valence-electron chi connectivity index (χ2n) is 4.36. The summed E-state index contributed by atoms with van der Waals surface area (Å²) in [6, 6.07) is 7.60. The summed E-state index contributed by atoms with van der Waals surface area (Å²) in [7, 11) is -4.47. The quantitative estimate of drug-likeness (QED) is 0.645. The smallest absolute Gasteiger partial charge is 0.298 e. The van der Waals surface area contributed by atoms with Crippen molar-refractivity contribution < 1.29 is 32.7 Å². The second-order valence-corrected chi connectivity index (χ2v) is 5.75. The Bertz CT molecular complexity index is 755. The fourth-order valence-electron chi connectivity index (χ4n) is 2.06. The Morgan fingerprint density at radius 3 is 2.23 bits per heavy atom. The van der Waals surface area contributed by atoms with Crippen LogP contribution in [-0.2, 0) is 10.1 Å². The molecule has 0 aromatic heterocycles. The minimum Gasteiger partial charge on any atom is -0.491 e. The number of aliphatic hydroxyl groups is 2. The van der Waals surface area contributed by atoms with Gasteiger partial charge in [0, 0.05) is 10.8 Å². The highest BCUT2D eigenvalue weighted by Gasteiger charge is 2.20. The Hall–Kier alpha value is -1.87. The van der Waals surface area contributed by atoms with E-state index in [2.05, 4.69) is 0 Å². The lowest BCUT2D eigenvalue weighted by Crippen LogP contribution is -2.08. The molecule has 3 N–H and O–H groups in total. The van der Waals surface area contributed by atoms with Gasteiger partial charge in [-0.1, -0.05) is 12.1 Å². The molecule has 0 heterocycles. The van der Waals surface area contributed by atoms with E-state index < -0.39 is 10.1 Å². The maximum Gasteiger partial charge on any atom is 0.298 e. The SMILES string of the molecule is O=S(=O)(O)c1ccc2c(OCCO)cccc2c1OCCO. The lowest BCUT2D eigenvalue weighted by Gasteiger charge is -2.14. The molecule has 0 saturated heterocycles. The van der Waals surface area contributed by atoms with E-state index in [4.69, 9.17) is 19.7 Å². The molecule has 0 saturated carbocycles. The van der Waals surface area contributed by atoms with E-state index in [0.29, 0.717) is 16.5 Å². The van der Waals surface area contributed by atoms with E-state index >= 15 is 0 Å². The molecular weight excluding hydrogens is 312 g/mol. The Kier molecular flexibility index (Phi) is 5.19. The average molecular weight is 328 g/mol. The zero-order chi connectivity index (χ0) is 16.2. The molecule has 0 atom stereocenters. The Labute approximate surface area is 127 Å². The summed E-state index contributed by atoms with van der Waals surface area (Å²) in [6.45, 7) is -0.495. The van der Waals surface area contributed by atoms with Crippen LogP contribution in [0.5, 0.6) is 11.5 Å². The zero-order valence-corrected chi connectivity index (χ0v) is 12.4. The number of rotatable bonds is 7. The Morgan fingerprint density at radius 2 is 1.59 bits per heavy atom. The van der Waals surface area contributed by atoms with E-state index in [1.165, 1.54) is 12.1 Å². The molecule has 0 spiro atoms. The summed E-state index contributed by atoms with van der Waals surface area (Å²) in [6.07, 6.45) is 0. The number of fused-ring (bicyclic) bond motifs is 1. The van der Waals surface area contributed by atoms with Crippen LogP contribution in [-0.4, -0.2) is 49.6 Å². The van der Waals surface area contributed by atoms with Crippen molar-refractivity contribution in [2.75, 3.05) is 26.4 Å². The molecule has 0 aliphatic carbocycles. The van der Waals surface area contributed by atoms with Crippen molar-refractivity contribution in [3.8, 4) is 11.5 Å².